The van der Waals surface area contributed by atoms with Gasteiger partial charge in [0.05, 0.1) is 5.56 Å². The van der Waals surface area contributed by atoms with Crippen LogP contribution in [-0.4, -0.2) is 16.8 Å². The van der Waals surface area contributed by atoms with Crippen LogP contribution in [0.1, 0.15) is 31.2 Å². The molecule has 0 fully saturated rings. The third-order valence-electron chi connectivity index (χ3n) is 4.31. The van der Waals surface area contributed by atoms with E-state index in [9.17, 15) is 9.59 Å². The maximum Gasteiger partial charge on any atom is 0.256 e. The van der Waals surface area contributed by atoms with Crippen molar-refractivity contribution in [1.82, 2.24) is 4.98 Å². The van der Waals surface area contributed by atoms with Crippen molar-refractivity contribution in [3.05, 3.63) is 88.4 Å². The highest BCUT2D eigenvalue weighted by atomic mass is 32.1. The summed E-state index contributed by atoms with van der Waals surface area (Å²) in [6, 6.07) is 19.0. The van der Waals surface area contributed by atoms with Crippen molar-refractivity contribution in [3.8, 4) is 0 Å². The highest BCUT2D eigenvalue weighted by Crippen LogP contribution is 2.30. The second-order valence-electron chi connectivity index (χ2n) is 6.22. The number of hydrogen-bond acceptors (Lipinski definition) is 3. The largest absolute Gasteiger partial charge is 0.366 e. The maximum absolute atomic E-state index is 12.7. The van der Waals surface area contributed by atoms with Gasteiger partial charge in [0.1, 0.15) is 5.00 Å². The van der Waals surface area contributed by atoms with E-state index in [-0.39, 0.29) is 5.91 Å². The maximum atomic E-state index is 12.7. The van der Waals surface area contributed by atoms with Gasteiger partial charge in [-0.05, 0) is 35.9 Å². The van der Waals surface area contributed by atoms with Gasteiger partial charge in [0.15, 0.2) is 0 Å². The average Bonchev–Trinajstić information content (AvgIpc) is 3.28. The molecule has 6 heteroatoms. The molecule has 0 saturated heterocycles. The van der Waals surface area contributed by atoms with Crippen molar-refractivity contribution in [1.29, 1.82) is 0 Å². The highest BCUT2D eigenvalue weighted by Gasteiger charge is 2.17. The van der Waals surface area contributed by atoms with Crippen LogP contribution in [0.5, 0.6) is 0 Å². The predicted molar refractivity (Wildman–Crippen MR) is 108 cm³/mol. The number of aromatic amines is 1. The van der Waals surface area contributed by atoms with Gasteiger partial charge in [0.2, 0.25) is 0 Å². The van der Waals surface area contributed by atoms with Gasteiger partial charge in [-0.25, -0.2) is 0 Å². The zero-order chi connectivity index (χ0) is 18.8. The topological polar surface area (TPSA) is 88.0 Å². The van der Waals surface area contributed by atoms with Crippen molar-refractivity contribution < 1.29 is 9.59 Å². The number of carbonyl (C=O) groups is 2. The Labute approximate surface area is 159 Å². The van der Waals surface area contributed by atoms with Gasteiger partial charge in [-0.1, -0.05) is 30.3 Å². The Kier molecular flexibility index (Phi) is 4.48. The molecule has 0 bridgehead atoms. The van der Waals surface area contributed by atoms with Crippen molar-refractivity contribution in [2.45, 2.75) is 6.42 Å². The molecule has 2 aromatic carbocycles. The Morgan fingerprint density at radius 1 is 1.04 bits per heavy atom. The number of fused-ring (bicyclic) bond motifs is 1. The smallest absolute Gasteiger partial charge is 0.256 e. The number of anilines is 1. The molecular formula is C21H17N3O2S. The minimum atomic E-state index is -0.554. The van der Waals surface area contributed by atoms with Crippen LogP contribution in [0.15, 0.2) is 66.9 Å². The first kappa shape index (κ1) is 17.1. The van der Waals surface area contributed by atoms with Crippen LogP contribution >= 0.6 is 11.3 Å². The zero-order valence-electron chi connectivity index (χ0n) is 14.4. The lowest BCUT2D eigenvalue weighted by molar-refractivity contribution is 0.100. The van der Waals surface area contributed by atoms with Crippen molar-refractivity contribution in [3.63, 3.8) is 0 Å². The first-order valence-electron chi connectivity index (χ1n) is 8.45. The Balaban J connectivity index is 1.60. The second kappa shape index (κ2) is 7.09. The first-order chi connectivity index (χ1) is 13.1. The second-order valence-corrected chi connectivity index (χ2v) is 7.35. The summed E-state index contributed by atoms with van der Waals surface area (Å²) in [5.74, 6) is -0.823. The van der Waals surface area contributed by atoms with Crippen molar-refractivity contribution in [2.24, 2.45) is 5.73 Å². The monoisotopic (exact) mass is 375 g/mol. The fourth-order valence-electron chi connectivity index (χ4n) is 2.97. The molecule has 0 aliphatic heterocycles. The molecule has 0 saturated carbocycles. The number of thiophene rings is 1. The Hall–Kier alpha value is -3.38. The average molecular weight is 375 g/mol. The van der Waals surface area contributed by atoms with Gasteiger partial charge in [-0.3, -0.25) is 9.59 Å². The number of H-pyrrole nitrogens is 1. The van der Waals surface area contributed by atoms with Gasteiger partial charge >= 0.3 is 0 Å². The number of benzene rings is 2. The van der Waals surface area contributed by atoms with E-state index in [1.165, 1.54) is 11.3 Å². The summed E-state index contributed by atoms with van der Waals surface area (Å²) < 4.78 is 0. The minimum Gasteiger partial charge on any atom is -0.366 e. The summed E-state index contributed by atoms with van der Waals surface area (Å²) in [6.45, 7) is 0. The third kappa shape index (κ3) is 3.61. The Bertz CT molecular complexity index is 1130. The van der Waals surface area contributed by atoms with Gasteiger partial charge in [0, 0.05) is 34.0 Å². The summed E-state index contributed by atoms with van der Waals surface area (Å²) in [5, 5.41) is 4.27. The van der Waals surface area contributed by atoms with Crippen LogP contribution in [-0.2, 0) is 6.42 Å². The lowest BCUT2D eigenvalue weighted by Crippen LogP contribution is -2.16. The quantitative estimate of drug-likeness (QED) is 0.489. The standard InChI is InChI=1S/C21H17N3O2S/c22-19(25)17-12-16(10-13-4-2-1-3-5-13)27-21(17)24-20(26)15-6-7-18-14(11-15)8-9-23-18/h1-9,11-12,23H,10H2,(H2,22,25)(H,24,26). The fraction of sp³-hybridized carbons (Fsp3) is 0.0476. The molecular weight excluding hydrogens is 358 g/mol. The predicted octanol–water partition coefficient (Wildman–Crippen LogP) is 4.17. The van der Waals surface area contributed by atoms with E-state index in [1.807, 2.05) is 54.7 Å². The van der Waals surface area contributed by atoms with E-state index in [2.05, 4.69) is 10.3 Å². The molecule has 2 amide bonds. The third-order valence-corrected chi connectivity index (χ3v) is 5.36. The number of carbonyl (C=O) groups excluding carboxylic acids is 2. The normalized spacial score (nSPS) is 10.8. The lowest BCUT2D eigenvalue weighted by atomic mass is 10.1. The number of nitrogens with two attached hydrogens (primary N) is 1. The fourth-order valence-corrected chi connectivity index (χ4v) is 4.06. The number of nitrogens with one attached hydrogen (secondary N) is 2. The Morgan fingerprint density at radius 3 is 2.63 bits per heavy atom. The van der Waals surface area contributed by atoms with E-state index in [4.69, 9.17) is 5.73 Å². The summed E-state index contributed by atoms with van der Waals surface area (Å²) in [4.78, 5) is 28.5. The molecule has 0 radical (unpaired) electrons. The molecule has 4 rings (SSSR count). The molecule has 0 atom stereocenters. The lowest BCUT2D eigenvalue weighted by Gasteiger charge is -2.05. The summed E-state index contributed by atoms with van der Waals surface area (Å²) in [6.07, 6.45) is 2.50. The molecule has 134 valence electrons. The Morgan fingerprint density at radius 2 is 1.85 bits per heavy atom. The molecule has 0 aliphatic carbocycles. The molecule has 5 nitrogen and oxygen atoms in total. The highest BCUT2D eigenvalue weighted by molar-refractivity contribution is 7.16. The molecule has 0 spiro atoms. The molecule has 4 N–H and O–H groups in total. The van der Waals surface area contributed by atoms with E-state index in [0.717, 1.165) is 21.3 Å². The van der Waals surface area contributed by atoms with Gasteiger partial charge in [-0.2, -0.15) is 0 Å². The van der Waals surface area contributed by atoms with Crippen LogP contribution in [0.2, 0.25) is 0 Å². The number of aromatic nitrogens is 1. The molecule has 0 aliphatic rings. The molecule has 2 aromatic heterocycles. The van der Waals surface area contributed by atoms with Crippen LogP contribution in [0.25, 0.3) is 10.9 Å². The summed E-state index contributed by atoms with van der Waals surface area (Å²) in [7, 11) is 0. The van der Waals surface area contributed by atoms with E-state index < -0.39 is 5.91 Å². The molecule has 4 aromatic rings. The summed E-state index contributed by atoms with van der Waals surface area (Å²) in [5.41, 5.74) is 8.46. The van der Waals surface area contributed by atoms with Crippen LogP contribution in [0, 0.1) is 0 Å². The number of hydrogen-bond donors (Lipinski definition) is 3. The van der Waals surface area contributed by atoms with Gasteiger partial charge in [-0.15, -0.1) is 11.3 Å². The molecule has 27 heavy (non-hydrogen) atoms. The first-order valence-corrected chi connectivity index (χ1v) is 9.27. The van der Waals surface area contributed by atoms with E-state index in [0.29, 0.717) is 22.5 Å². The minimum absolute atomic E-state index is 0.270. The number of primary amides is 1. The van der Waals surface area contributed by atoms with Crippen LogP contribution < -0.4 is 11.1 Å². The summed E-state index contributed by atoms with van der Waals surface area (Å²) >= 11 is 1.37. The van der Waals surface area contributed by atoms with Gasteiger partial charge < -0.3 is 16.0 Å². The number of amides is 2. The molecule has 0 unspecified atom stereocenters. The van der Waals surface area contributed by atoms with Crippen molar-refractivity contribution in [2.75, 3.05) is 5.32 Å². The van der Waals surface area contributed by atoms with Crippen LogP contribution in [0.4, 0.5) is 5.00 Å². The van der Waals surface area contributed by atoms with Crippen molar-refractivity contribution >= 4 is 39.1 Å². The SMILES string of the molecule is NC(=O)c1cc(Cc2ccccc2)sc1NC(=O)c1ccc2[nH]ccc2c1. The number of rotatable bonds is 5. The van der Waals surface area contributed by atoms with E-state index in [1.54, 1.807) is 12.1 Å². The molecule has 2 heterocycles. The van der Waals surface area contributed by atoms with Gasteiger partial charge in [0.25, 0.3) is 11.8 Å². The van der Waals surface area contributed by atoms with E-state index >= 15 is 0 Å². The van der Waals surface area contributed by atoms with Crippen LogP contribution in [0.3, 0.4) is 0 Å². The zero-order valence-corrected chi connectivity index (χ0v) is 15.2.